The Kier molecular flexibility index (Phi) is 7.68. The highest BCUT2D eigenvalue weighted by atomic mass is 35.5. The third-order valence-corrected chi connectivity index (χ3v) is 7.16. The lowest BCUT2D eigenvalue weighted by Gasteiger charge is -2.50. The molecule has 3 rings (SSSR count). The van der Waals surface area contributed by atoms with Crippen LogP contribution in [0.15, 0.2) is 42.5 Å². The number of Topliss-reactive ketones (excluding diaryl/α,β-unsaturated/α-hetero) is 1. The summed E-state index contributed by atoms with van der Waals surface area (Å²) in [6.45, 7) is 5.21. The third kappa shape index (κ3) is 5.42. The van der Waals surface area contributed by atoms with Crippen molar-refractivity contribution in [3.63, 3.8) is 0 Å². The Morgan fingerprint density at radius 1 is 1.03 bits per heavy atom. The fourth-order valence-corrected chi connectivity index (χ4v) is 4.97. The fraction of sp³-hybridized carbons (Fsp3) is 0.360. The number of ketones is 1. The zero-order valence-electron chi connectivity index (χ0n) is 19.0. The molecule has 0 aliphatic heterocycles. The van der Waals surface area contributed by atoms with Crippen LogP contribution >= 0.6 is 23.2 Å². The first-order valence-electron chi connectivity index (χ1n) is 10.8. The van der Waals surface area contributed by atoms with Crippen molar-refractivity contribution in [2.75, 3.05) is 5.32 Å². The topological polar surface area (TPSA) is 113 Å². The quantitative estimate of drug-likeness (QED) is 0.485. The third-order valence-electron chi connectivity index (χ3n) is 6.53. The van der Waals surface area contributed by atoms with Gasteiger partial charge in [0.1, 0.15) is 11.8 Å². The van der Waals surface area contributed by atoms with Crippen molar-refractivity contribution in [2.24, 2.45) is 17.3 Å². The van der Waals surface area contributed by atoms with Gasteiger partial charge < -0.3 is 15.7 Å². The SMILES string of the molecule is CC(=O)[C@@H]1C[C@@H](C(=O)N[C@@H](Cc2ccc(NC(=O)c3c(Cl)cccc3Cl)cc2)C(=O)O)C1(C)C. The molecule has 3 atom stereocenters. The summed E-state index contributed by atoms with van der Waals surface area (Å²) in [6.07, 6.45) is 0.485. The van der Waals surface area contributed by atoms with Crippen LogP contribution in [0.1, 0.15) is 43.1 Å². The molecule has 7 nitrogen and oxygen atoms in total. The molecule has 0 aromatic heterocycles. The smallest absolute Gasteiger partial charge is 0.326 e. The van der Waals surface area contributed by atoms with E-state index in [2.05, 4.69) is 10.6 Å². The minimum atomic E-state index is -1.15. The second kappa shape index (κ2) is 10.2. The zero-order chi connectivity index (χ0) is 25.2. The largest absolute Gasteiger partial charge is 0.480 e. The van der Waals surface area contributed by atoms with Gasteiger partial charge in [0.15, 0.2) is 0 Å². The first kappa shape index (κ1) is 25.7. The summed E-state index contributed by atoms with van der Waals surface area (Å²) < 4.78 is 0. The van der Waals surface area contributed by atoms with Gasteiger partial charge in [-0.25, -0.2) is 4.79 Å². The van der Waals surface area contributed by atoms with Gasteiger partial charge in [-0.15, -0.1) is 0 Å². The number of aliphatic carboxylic acids is 1. The van der Waals surface area contributed by atoms with Gasteiger partial charge in [-0.3, -0.25) is 14.4 Å². The fourth-order valence-electron chi connectivity index (χ4n) is 4.40. The first-order valence-corrected chi connectivity index (χ1v) is 11.5. The molecule has 0 saturated heterocycles. The van der Waals surface area contributed by atoms with E-state index in [-0.39, 0.29) is 39.6 Å². The molecule has 9 heteroatoms. The average Bonchev–Trinajstić information content (AvgIpc) is 2.73. The lowest BCUT2D eigenvalue weighted by atomic mass is 9.53. The van der Waals surface area contributed by atoms with E-state index in [4.69, 9.17) is 23.2 Å². The Bertz CT molecular complexity index is 1110. The normalized spacial score (nSPS) is 19.4. The average molecular weight is 505 g/mol. The predicted octanol–water partition coefficient (Wildman–Crippen LogP) is 4.61. The minimum Gasteiger partial charge on any atom is -0.480 e. The van der Waals surface area contributed by atoms with Crippen LogP contribution < -0.4 is 10.6 Å². The molecular weight excluding hydrogens is 479 g/mol. The van der Waals surface area contributed by atoms with Crippen molar-refractivity contribution >= 4 is 52.5 Å². The summed E-state index contributed by atoms with van der Waals surface area (Å²) >= 11 is 12.1. The summed E-state index contributed by atoms with van der Waals surface area (Å²) in [6, 6.07) is 10.3. The zero-order valence-corrected chi connectivity index (χ0v) is 20.5. The molecule has 34 heavy (non-hydrogen) atoms. The second-order valence-electron chi connectivity index (χ2n) is 9.12. The van der Waals surface area contributed by atoms with E-state index in [1.54, 1.807) is 42.5 Å². The maximum absolute atomic E-state index is 12.7. The highest BCUT2D eigenvalue weighted by Gasteiger charge is 2.53. The van der Waals surface area contributed by atoms with Gasteiger partial charge in [-0.05, 0) is 48.6 Å². The van der Waals surface area contributed by atoms with Crippen LogP contribution in [0, 0.1) is 17.3 Å². The van der Waals surface area contributed by atoms with E-state index in [1.807, 2.05) is 13.8 Å². The standard InChI is InChI=1S/C25H26Cl2N2O5/c1-13(30)16-12-17(25(16,2)3)22(31)29-20(24(33)34)11-14-7-9-15(10-8-14)28-23(32)21-18(26)5-4-6-19(21)27/h4-10,16-17,20H,11-12H2,1-3H3,(H,28,32)(H,29,31)(H,33,34)/t16-,17-,20-/m0/s1. The summed E-state index contributed by atoms with van der Waals surface area (Å²) in [7, 11) is 0. The maximum Gasteiger partial charge on any atom is 0.326 e. The van der Waals surface area contributed by atoms with Gasteiger partial charge in [-0.2, -0.15) is 0 Å². The molecule has 0 heterocycles. The van der Waals surface area contributed by atoms with Crippen LogP contribution in [0.2, 0.25) is 10.0 Å². The van der Waals surface area contributed by atoms with Crippen LogP contribution in [0.25, 0.3) is 0 Å². The van der Waals surface area contributed by atoms with Crippen LogP contribution in [-0.4, -0.2) is 34.7 Å². The highest BCUT2D eigenvalue weighted by Crippen LogP contribution is 2.51. The molecule has 1 aliphatic rings. The Morgan fingerprint density at radius 2 is 1.62 bits per heavy atom. The number of carboxylic acid groups (broad SMARTS) is 1. The number of amides is 2. The molecule has 180 valence electrons. The Balaban J connectivity index is 1.63. The molecule has 3 N–H and O–H groups in total. The van der Waals surface area contributed by atoms with Gasteiger partial charge in [0.2, 0.25) is 5.91 Å². The number of hydrogen-bond donors (Lipinski definition) is 3. The predicted molar refractivity (Wildman–Crippen MR) is 130 cm³/mol. The summed E-state index contributed by atoms with van der Waals surface area (Å²) in [5.74, 6) is -2.57. The second-order valence-corrected chi connectivity index (χ2v) is 9.94. The number of halogens is 2. The van der Waals surface area contributed by atoms with E-state index in [9.17, 15) is 24.3 Å². The number of benzene rings is 2. The summed E-state index contributed by atoms with van der Waals surface area (Å²) in [5, 5.41) is 15.4. The Morgan fingerprint density at radius 3 is 2.12 bits per heavy atom. The van der Waals surface area contributed by atoms with Gasteiger partial charge in [-0.1, -0.05) is 55.2 Å². The Labute approximate surface area is 207 Å². The van der Waals surface area contributed by atoms with Crippen molar-refractivity contribution in [1.29, 1.82) is 0 Å². The number of carbonyl (C=O) groups is 4. The van der Waals surface area contributed by atoms with Crippen molar-refractivity contribution < 1.29 is 24.3 Å². The first-order chi connectivity index (χ1) is 15.9. The number of anilines is 1. The molecule has 2 aromatic rings. The molecule has 2 amide bonds. The number of nitrogens with one attached hydrogen (secondary N) is 2. The van der Waals surface area contributed by atoms with Crippen molar-refractivity contribution in [2.45, 2.75) is 39.7 Å². The lowest BCUT2D eigenvalue weighted by molar-refractivity contribution is -0.152. The number of rotatable bonds is 8. The minimum absolute atomic E-state index is 0.0350. The molecule has 1 saturated carbocycles. The molecular formula is C25H26Cl2N2O5. The van der Waals surface area contributed by atoms with Crippen LogP contribution in [0.4, 0.5) is 5.69 Å². The maximum atomic E-state index is 12.7. The molecule has 0 unspecified atom stereocenters. The summed E-state index contributed by atoms with van der Waals surface area (Å²) in [4.78, 5) is 48.8. The van der Waals surface area contributed by atoms with Gasteiger partial charge in [0.05, 0.1) is 15.6 Å². The molecule has 0 spiro atoms. The van der Waals surface area contributed by atoms with Gasteiger partial charge in [0.25, 0.3) is 5.91 Å². The lowest BCUT2D eigenvalue weighted by Crippen LogP contribution is -2.57. The molecule has 0 bridgehead atoms. The molecule has 1 aliphatic carbocycles. The van der Waals surface area contributed by atoms with Gasteiger partial charge >= 0.3 is 5.97 Å². The highest BCUT2D eigenvalue weighted by molar-refractivity contribution is 6.40. The molecule has 2 aromatic carbocycles. The van der Waals surface area contributed by atoms with Crippen molar-refractivity contribution in [1.82, 2.24) is 5.32 Å². The number of carbonyl (C=O) groups excluding carboxylic acids is 3. The van der Waals surface area contributed by atoms with Crippen molar-refractivity contribution in [3.05, 3.63) is 63.6 Å². The number of carboxylic acids is 1. The van der Waals surface area contributed by atoms with E-state index < -0.39 is 29.3 Å². The molecule has 0 radical (unpaired) electrons. The van der Waals surface area contributed by atoms with Crippen LogP contribution in [0.3, 0.4) is 0 Å². The monoisotopic (exact) mass is 504 g/mol. The van der Waals surface area contributed by atoms with Crippen molar-refractivity contribution in [3.8, 4) is 0 Å². The van der Waals surface area contributed by atoms with E-state index in [1.165, 1.54) is 6.92 Å². The van der Waals surface area contributed by atoms with Gasteiger partial charge in [0, 0.05) is 23.9 Å². The number of hydrogen-bond acceptors (Lipinski definition) is 4. The van der Waals surface area contributed by atoms with E-state index in [0.717, 1.165) is 0 Å². The van der Waals surface area contributed by atoms with Crippen LogP contribution in [-0.2, 0) is 20.8 Å². The van der Waals surface area contributed by atoms with Crippen LogP contribution in [0.5, 0.6) is 0 Å². The summed E-state index contributed by atoms with van der Waals surface area (Å²) in [5.41, 5.74) is 0.793. The van der Waals surface area contributed by atoms with E-state index >= 15 is 0 Å². The van der Waals surface area contributed by atoms with E-state index in [0.29, 0.717) is 17.7 Å². The molecule has 1 fully saturated rings. The Hall–Kier alpha value is -2.90.